The van der Waals surface area contributed by atoms with Gasteiger partial charge in [0.15, 0.2) is 11.3 Å². The van der Waals surface area contributed by atoms with Gasteiger partial charge in [-0.05, 0) is 18.2 Å². The predicted octanol–water partition coefficient (Wildman–Crippen LogP) is 4.10. The maximum Gasteiger partial charge on any atom is 0.416 e. The van der Waals surface area contributed by atoms with Crippen LogP contribution in [-0.4, -0.2) is 32.8 Å². The minimum Gasteiger partial charge on any atom is -0.464 e. The molecule has 0 radical (unpaired) electrons. The molecule has 1 N–H and O–H groups in total. The molecule has 1 aromatic carbocycles. The molecule has 0 atom stereocenters. The van der Waals surface area contributed by atoms with E-state index in [2.05, 4.69) is 4.98 Å². The minimum absolute atomic E-state index is 0.0753. The number of ketones is 1. The van der Waals surface area contributed by atoms with Crippen LogP contribution in [0.5, 0.6) is 0 Å². The summed E-state index contributed by atoms with van der Waals surface area (Å²) in [6.07, 6.45) is -0.772. The number of aldehydes is 1. The quantitative estimate of drug-likeness (QED) is 0.551. The van der Waals surface area contributed by atoms with Gasteiger partial charge < -0.3 is 5.11 Å². The van der Waals surface area contributed by atoms with Crippen molar-refractivity contribution in [1.29, 1.82) is 0 Å². The summed E-state index contributed by atoms with van der Waals surface area (Å²) in [5.74, 6) is -1.10. The second-order valence-electron chi connectivity index (χ2n) is 6.78. The number of halogens is 1. The highest BCUT2D eigenvalue weighted by Crippen LogP contribution is 2.36. The van der Waals surface area contributed by atoms with Crippen LogP contribution in [0.25, 0.3) is 10.9 Å². The summed E-state index contributed by atoms with van der Waals surface area (Å²) in [7, 11) is 0. The Morgan fingerprint density at radius 3 is 2.54 bits per heavy atom. The van der Waals surface area contributed by atoms with Crippen LogP contribution in [0.3, 0.4) is 0 Å². The van der Waals surface area contributed by atoms with E-state index in [1.807, 2.05) is 0 Å². The molecular weight excluding hydrogens is 359 g/mol. The average molecular weight is 374 g/mol. The molecule has 3 aromatic rings. The Morgan fingerprint density at radius 1 is 1.31 bits per heavy atom. The number of thiazole rings is 1. The number of nitrogens with zero attached hydrogens (tertiary/aromatic N) is 2. The molecule has 134 valence electrons. The number of aromatic nitrogens is 2. The van der Waals surface area contributed by atoms with E-state index in [0.717, 1.165) is 22.0 Å². The average Bonchev–Trinajstić information content (AvgIpc) is 3.15. The molecule has 2 aromatic heterocycles. The van der Waals surface area contributed by atoms with Gasteiger partial charge in [-0.1, -0.05) is 20.8 Å². The van der Waals surface area contributed by atoms with Crippen LogP contribution >= 0.6 is 11.3 Å². The van der Waals surface area contributed by atoms with Crippen molar-refractivity contribution in [2.45, 2.75) is 26.2 Å². The van der Waals surface area contributed by atoms with Crippen LogP contribution in [0.4, 0.5) is 9.18 Å². The van der Waals surface area contributed by atoms with E-state index in [-0.39, 0.29) is 27.5 Å². The first-order valence-corrected chi connectivity index (χ1v) is 8.56. The van der Waals surface area contributed by atoms with Gasteiger partial charge in [-0.15, -0.1) is 11.3 Å². The molecule has 0 aliphatic rings. The molecule has 2 heterocycles. The predicted molar refractivity (Wildman–Crippen MR) is 95.0 cm³/mol. The van der Waals surface area contributed by atoms with Crippen LogP contribution in [-0.2, 0) is 5.41 Å². The minimum atomic E-state index is -1.31. The van der Waals surface area contributed by atoms with Gasteiger partial charge in [0.25, 0.3) is 0 Å². The molecule has 6 nitrogen and oxygen atoms in total. The van der Waals surface area contributed by atoms with Crippen molar-refractivity contribution in [3.63, 3.8) is 0 Å². The first kappa shape index (κ1) is 17.9. The van der Waals surface area contributed by atoms with Crippen LogP contribution in [0.2, 0.25) is 0 Å². The smallest absolute Gasteiger partial charge is 0.416 e. The lowest BCUT2D eigenvalue weighted by Crippen LogP contribution is -2.24. The molecule has 0 unspecified atom stereocenters. The van der Waals surface area contributed by atoms with Crippen molar-refractivity contribution in [3.8, 4) is 0 Å². The number of carbonyl (C=O) groups excluding carboxylic acids is 2. The topological polar surface area (TPSA) is 89.3 Å². The van der Waals surface area contributed by atoms with E-state index < -0.39 is 23.1 Å². The van der Waals surface area contributed by atoms with Gasteiger partial charge >= 0.3 is 6.09 Å². The summed E-state index contributed by atoms with van der Waals surface area (Å²) in [5.41, 5.74) is -0.0920. The second-order valence-corrected chi connectivity index (χ2v) is 7.64. The molecule has 0 aliphatic heterocycles. The summed E-state index contributed by atoms with van der Waals surface area (Å²) in [4.78, 5) is 39.8. The molecule has 0 spiro atoms. The van der Waals surface area contributed by atoms with E-state index in [9.17, 15) is 23.9 Å². The van der Waals surface area contributed by atoms with Crippen LogP contribution in [0.15, 0.2) is 23.6 Å². The standard InChI is InChI=1S/C18H15FN2O4S/c1-18(2,3)15-13(14(23)16-20-10(7-22)8-26-16)11-5-4-9(19)6-12(11)21(15)17(24)25/h4-8H,1-3H3,(H,24,25). The third-order valence-electron chi connectivity index (χ3n) is 3.90. The molecule has 0 aliphatic carbocycles. The van der Waals surface area contributed by atoms with E-state index in [1.165, 1.54) is 17.5 Å². The molecule has 0 fully saturated rings. The highest BCUT2D eigenvalue weighted by atomic mass is 32.1. The Hall–Kier alpha value is -2.87. The Kier molecular flexibility index (Phi) is 4.23. The van der Waals surface area contributed by atoms with Crippen LogP contribution < -0.4 is 0 Å². The third-order valence-corrected chi connectivity index (χ3v) is 4.76. The zero-order valence-corrected chi connectivity index (χ0v) is 15.1. The van der Waals surface area contributed by atoms with E-state index in [1.54, 1.807) is 20.8 Å². The first-order chi connectivity index (χ1) is 12.1. The number of hydrogen-bond donors (Lipinski definition) is 1. The molecule has 3 rings (SSSR count). The molecule has 8 heteroatoms. The SMILES string of the molecule is CC(C)(C)c1c(C(=O)c2nc(C=O)cs2)c2ccc(F)cc2n1C(=O)O. The highest BCUT2D eigenvalue weighted by molar-refractivity contribution is 7.12. The van der Waals surface area contributed by atoms with E-state index in [4.69, 9.17) is 0 Å². The zero-order valence-electron chi connectivity index (χ0n) is 14.2. The van der Waals surface area contributed by atoms with Crippen molar-refractivity contribution in [2.75, 3.05) is 0 Å². The fourth-order valence-electron chi connectivity index (χ4n) is 2.95. The van der Waals surface area contributed by atoms with Crippen molar-refractivity contribution in [1.82, 2.24) is 9.55 Å². The number of benzene rings is 1. The van der Waals surface area contributed by atoms with Gasteiger partial charge in [0, 0.05) is 21.9 Å². The number of rotatable bonds is 3. The highest BCUT2D eigenvalue weighted by Gasteiger charge is 2.33. The monoisotopic (exact) mass is 374 g/mol. The molecule has 0 amide bonds. The Balaban J connectivity index is 2.41. The third kappa shape index (κ3) is 2.82. The zero-order chi connectivity index (χ0) is 19.2. The van der Waals surface area contributed by atoms with Crippen molar-refractivity contribution in [2.24, 2.45) is 0 Å². The lowest BCUT2D eigenvalue weighted by Gasteiger charge is -2.21. The summed E-state index contributed by atoms with van der Waals surface area (Å²) >= 11 is 1.00. The van der Waals surface area contributed by atoms with Gasteiger partial charge in [-0.2, -0.15) is 0 Å². The fraction of sp³-hybridized carbons (Fsp3) is 0.222. The summed E-state index contributed by atoms with van der Waals surface area (Å²) < 4.78 is 14.7. The maximum absolute atomic E-state index is 13.8. The van der Waals surface area contributed by atoms with Crippen molar-refractivity contribution < 1.29 is 23.9 Å². The summed E-state index contributed by atoms with van der Waals surface area (Å²) in [6.45, 7) is 5.31. The summed E-state index contributed by atoms with van der Waals surface area (Å²) in [5, 5.41) is 11.5. The van der Waals surface area contributed by atoms with Crippen molar-refractivity contribution in [3.05, 3.63) is 51.4 Å². The second kappa shape index (κ2) is 6.14. The normalized spacial score (nSPS) is 11.7. The largest absolute Gasteiger partial charge is 0.464 e. The number of hydrogen-bond acceptors (Lipinski definition) is 5. The molecule has 0 bridgehead atoms. The first-order valence-electron chi connectivity index (χ1n) is 7.68. The van der Waals surface area contributed by atoms with Gasteiger partial charge in [0.2, 0.25) is 5.78 Å². The number of carbonyl (C=O) groups is 3. The lowest BCUT2D eigenvalue weighted by atomic mass is 9.87. The van der Waals surface area contributed by atoms with Gasteiger partial charge in [0.05, 0.1) is 11.1 Å². The van der Waals surface area contributed by atoms with Gasteiger partial charge in [-0.3, -0.25) is 9.59 Å². The van der Waals surface area contributed by atoms with E-state index >= 15 is 0 Å². The van der Waals surface area contributed by atoms with Crippen LogP contribution in [0, 0.1) is 5.82 Å². The summed E-state index contributed by atoms with van der Waals surface area (Å²) in [6, 6.07) is 3.66. The van der Waals surface area contributed by atoms with Gasteiger partial charge in [-0.25, -0.2) is 18.7 Å². The molecular formula is C18H15FN2O4S. The Labute approximate surface area is 151 Å². The van der Waals surface area contributed by atoms with Crippen LogP contribution in [0.1, 0.15) is 52.3 Å². The molecule has 26 heavy (non-hydrogen) atoms. The number of carboxylic acid groups (broad SMARTS) is 1. The molecule has 0 saturated carbocycles. The molecule has 0 saturated heterocycles. The Morgan fingerprint density at radius 2 is 2.00 bits per heavy atom. The lowest BCUT2D eigenvalue weighted by molar-refractivity contribution is 0.103. The Bertz CT molecular complexity index is 1060. The number of fused-ring (bicyclic) bond motifs is 1. The maximum atomic E-state index is 13.8. The van der Waals surface area contributed by atoms with Gasteiger partial charge in [0.1, 0.15) is 11.5 Å². The van der Waals surface area contributed by atoms with E-state index in [0.29, 0.717) is 11.7 Å². The fourth-order valence-corrected chi connectivity index (χ4v) is 3.66. The van der Waals surface area contributed by atoms with Crippen molar-refractivity contribution >= 4 is 40.4 Å².